The average Bonchev–Trinajstić information content (AvgIpc) is 2.47. The second kappa shape index (κ2) is 5.94. The molecule has 1 aliphatic heterocycles. The highest BCUT2D eigenvalue weighted by Gasteiger charge is 2.18. The highest BCUT2D eigenvalue weighted by Crippen LogP contribution is 2.24. The number of halogens is 1. The monoisotopic (exact) mass is 333 g/mol. The third-order valence-electron chi connectivity index (χ3n) is 3.63. The number of fused-ring (bicyclic) bond motifs is 1. The lowest BCUT2D eigenvalue weighted by molar-refractivity contribution is 0.0697. The molecular formula is C16H16BrNO2. The lowest BCUT2D eigenvalue weighted by atomic mass is 10.0. The Balaban J connectivity index is 1.90. The summed E-state index contributed by atoms with van der Waals surface area (Å²) in [5.41, 5.74) is 0.724. The van der Waals surface area contributed by atoms with Crippen LogP contribution in [0.5, 0.6) is 0 Å². The highest BCUT2D eigenvalue weighted by molar-refractivity contribution is 9.10. The molecule has 3 nitrogen and oxygen atoms in total. The number of rotatable bonds is 2. The summed E-state index contributed by atoms with van der Waals surface area (Å²) in [5.74, 6) is -0.00519. The average molecular weight is 334 g/mol. The normalized spacial score (nSPS) is 16.2. The molecule has 3 rings (SSSR count). The van der Waals surface area contributed by atoms with Gasteiger partial charge in [0.1, 0.15) is 0 Å². The van der Waals surface area contributed by atoms with E-state index in [9.17, 15) is 4.79 Å². The van der Waals surface area contributed by atoms with E-state index in [0.717, 1.165) is 46.9 Å². The Morgan fingerprint density at radius 2 is 1.95 bits per heavy atom. The standard InChI is InChI=1S/C16H16BrNO2/c17-12-9-11-3-1-2-4-14(11)15(10-12)16(19)18-13-5-7-20-8-6-13/h1-4,9-10,13H,5-8H2,(H,18,19). The van der Waals surface area contributed by atoms with Gasteiger partial charge in [-0.05, 0) is 35.7 Å². The molecule has 0 spiro atoms. The predicted molar refractivity (Wildman–Crippen MR) is 83.0 cm³/mol. The van der Waals surface area contributed by atoms with Crippen LogP contribution < -0.4 is 5.32 Å². The lowest BCUT2D eigenvalue weighted by Crippen LogP contribution is -2.38. The molecule has 0 bridgehead atoms. The van der Waals surface area contributed by atoms with E-state index in [1.807, 2.05) is 36.4 Å². The van der Waals surface area contributed by atoms with Gasteiger partial charge in [0, 0.05) is 29.3 Å². The maximum atomic E-state index is 12.5. The van der Waals surface area contributed by atoms with Crippen LogP contribution in [-0.2, 0) is 4.74 Å². The molecule has 1 fully saturated rings. The number of benzene rings is 2. The van der Waals surface area contributed by atoms with E-state index in [-0.39, 0.29) is 11.9 Å². The van der Waals surface area contributed by atoms with E-state index < -0.39 is 0 Å². The number of carbonyl (C=O) groups excluding carboxylic acids is 1. The van der Waals surface area contributed by atoms with Crippen molar-refractivity contribution in [3.63, 3.8) is 0 Å². The van der Waals surface area contributed by atoms with E-state index in [4.69, 9.17) is 4.74 Å². The topological polar surface area (TPSA) is 38.3 Å². The number of amides is 1. The number of ether oxygens (including phenoxy) is 1. The molecule has 1 N–H and O–H groups in total. The molecule has 0 atom stereocenters. The fourth-order valence-corrected chi connectivity index (χ4v) is 3.04. The number of hydrogen-bond acceptors (Lipinski definition) is 2. The van der Waals surface area contributed by atoms with Crippen LogP contribution in [-0.4, -0.2) is 25.2 Å². The molecular weight excluding hydrogens is 318 g/mol. The first-order chi connectivity index (χ1) is 9.74. The molecule has 0 saturated carbocycles. The molecule has 2 aromatic carbocycles. The summed E-state index contributed by atoms with van der Waals surface area (Å²) in [7, 11) is 0. The van der Waals surface area contributed by atoms with Crippen molar-refractivity contribution in [1.82, 2.24) is 5.32 Å². The molecule has 1 aliphatic rings. The summed E-state index contributed by atoms with van der Waals surface area (Å²) in [4.78, 5) is 12.5. The van der Waals surface area contributed by atoms with Gasteiger partial charge in [-0.25, -0.2) is 0 Å². The third-order valence-corrected chi connectivity index (χ3v) is 4.09. The number of nitrogens with one attached hydrogen (secondary N) is 1. The van der Waals surface area contributed by atoms with Crippen molar-refractivity contribution in [2.45, 2.75) is 18.9 Å². The summed E-state index contributed by atoms with van der Waals surface area (Å²) in [6.45, 7) is 1.45. The van der Waals surface area contributed by atoms with Gasteiger partial charge in [0.15, 0.2) is 0 Å². The van der Waals surface area contributed by atoms with Crippen molar-refractivity contribution in [2.75, 3.05) is 13.2 Å². The largest absolute Gasteiger partial charge is 0.381 e. The summed E-state index contributed by atoms with van der Waals surface area (Å²) >= 11 is 3.48. The Kier molecular flexibility index (Phi) is 4.03. The van der Waals surface area contributed by atoms with Gasteiger partial charge in [0.25, 0.3) is 5.91 Å². The van der Waals surface area contributed by atoms with Crippen LogP contribution in [0.3, 0.4) is 0 Å². The van der Waals surface area contributed by atoms with Crippen molar-refractivity contribution >= 4 is 32.6 Å². The molecule has 20 heavy (non-hydrogen) atoms. The zero-order chi connectivity index (χ0) is 13.9. The van der Waals surface area contributed by atoms with E-state index in [1.54, 1.807) is 0 Å². The zero-order valence-electron chi connectivity index (χ0n) is 11.1. The van der Waals surface area contributed by atoms with Gasteiger partial charge < -0.3 is 10.1 Å². The second-order valence-electron chi connectivity index (χ2n) is 5.03. The van der Waals surface area contributed by atoms with Gasteiger partial charge in [0.05, 0.1) is 0 Å². The van der Waals surface area contributed by atoms with Crippen LogP contribution in [0, 0.1) is 0 Å². The fourth-order valence-electron chi connectivity index (χ4n) is 2.57. The van der Waals surface area contributed by atoms with Crippen molar-refractivity contribution < 1.29 is 9.53 Å². The maximum absolute atomic E-state index is 12.5. The summed E-state index contributed by atoms with van der Waals surface area (Å²) < 4.78 is 6.24. The molecule has 1 saturated heterocycles. The van der Waals surface area contributed by atoms with E-state index >= 15 is 0 Å². The van der Waals surface area contributed by atoms with Crippen LogP contribution in [0.2, 0.25) is 0 Å². The molecule has 0 aliphatic carbocycles. The highest BCUT2D eigenvalue weighted by atomic mass is 79.9. The molecule has 0 aromatic heterocycles. The first-order valence-electron chi connectivity index (χ1n) is 6.81. The van der Waals surface area contributed by atoms with Gasteiger partial charge in [-0.1, -0.05) is 40.2 Å². The minimum absolute atomic E-state index is 0.00519. The molecule has 0 radical (unpaired) electrons. The van der Waals surface area contributed by atoms with Crippen LogP contribution >= 0.6 is 15.9 Å². The van der Waals surface area contributed by atoms with Crippen LogP contribution in [0.4, 0.5) is 0 Å². The molecule has 2 aromatic rings. The predicted octanol–water partition coefficient (Wildman–Crippen LogP) is 3.51. The van der Waals surface area contributed by atoms with Gasteiger partial charge in [-0.3, -0.25) is 4.79 Å². The Bertz CT molecular complexity index is 635. The fraction of sp³-hybridized carbons (Fsp3) is 0.312. The third kappa shape index (κ3) is 2.86. The first kappa shape index (κ1) is 13.6. The Morgan fingerprint density at radius 3 is 2.75 bits per heavy atom. The van der Waals surface area contributed by atoms with Crippen molar-refractivity contribution in [3.8, 4) is 0 Å². The molecule has 0 unspecified atom stereocenters. The smallest absolute Gasteiger partial charge is 0.252 e. The molecule has 4 heteroatoms. The summed E-state index contributed by atoms with van der Waals surface area (Å²) in [5, 5.41) is 5.17. The van der Waals surface area contributed by atoms with Gasteiger partial charge in [-0.2, -0.15) is 0 Å². The number of hydrogen-bond donors (Lipinski definition) is 1. The minimum atomic E-state index is -0.00519. The Morgan fingerprint density at radius 1 is 1.20 bits per heavy atom. The molecule has 1 heterocycles. The van der Waals surface area contributed by atoms with Gasteiger partial charge in [0.2, 0.25) is 0 Å². The van der Waals surface area contributed by atoms with Crippen LogP contribution in [0.15, 0.2) is 40.9 Å². The van der Waals surface area contributed by atoms with Crippen LogP contribution in [0.1, 0.15) is 23.2 Å². The minimum Gasteiger partial charge on any atom is -0.381 e. The maximum Gasteiger partial charge on any atom is 0.252 e. The van der Waals surface area contributed by atoms with Crippen molar-refractivity contribution in [3.05, 3.63) is 46.4 Å². The zero-order valence-corrected chi connectivity index (χ0v) is 12.7. The van der Waals surface area contributed by atoms with E-state index in [1.165, 1.54) is 0 Å². The van der Waals surface area contributed by atoms with Gasteiger partial charge >= 0.3 is 0 Å². The van der Waals surface area contributed by atoms with Gasteiger partial charge in [-0.15, -0.1) is 0 Å². The SMILES string of the molecule is O=C(NC1CCOCC1)c1cc(Br)cc2ccccc12. The summed E-state index contributed by atoms with van der Waals surface area (Å²) in [6.07, 6.45) is 1.77. The van der Waals surface area contributed by atoms with Crippen molar-refractivity contribution in [1.29, 1.82) is 0 Å². The molecule has 1 amide bonds. The lowest BCUT2D eigenvalue weighted by Gasteiger charge is -2.23. The quantitative estimate of drug-likeness (QED) is 0.913. The van der Waals surface area contributed by atoms with E-state index in [2.05, 4.69) is 21.2 Å². The first-order valence-corrected chi connectivity index (χ1v) is 7.60. The number of carbonyl (C=O) groups is 1. The molecule has 104 valence electrons. The summed E-state index contributed by atoms with van der Waals surface area (Å²) in [6, 6.07) is 12.1. The van der Waals surface area contributed by atoms with Crippen molar-refractivity contribution in [2.24, 2.45) is 0 Å². The van der Waals surface area contributed by atoms with Crippen LogP contribution in [0.25, 0.3) is 10.8 Å². The Labute approximate surface area is 126 Å². The Hall–Kier alpha value is -1.39. The second-order valence-corrected chi connectivity index (χ2v) is 5.95. The van der Waals surface area contributed by atoms with E-state index in [0.29, 0.717) is 0 Å².